The number of rotatable bonds is 6. The van der Waals surface area contributed by atoms with Crippen molar-refractivity contribution in [2.24, 2.45) is 0 Å². The van der Waals surface area contributed by atoms with Gasteiger partial charge in [0.25, 0.3) is 0 Å². The van der Waals surface area contributed by atoms with E-state index < -0.39 is 0 Å². The summed E-state index contributed by atoms with van der Waals surface area (Å²) in [6.07, 6.45) is 2.96. The maximum atomic E-state index is 12.8. The zero-order chi connectivity index (χ0) is 23.7. The minimum absolute atomic E-state index is 0.151. The summed E-state index contributed by atoms with van der Waals surface area (Å²) < 4.78 is 1.97. The lowest BCUT2D eigenvalue weighted by atomic mass is 10.1. The van der Waals surface area contributed by atoms with Gasteiger partial charge in [-0.25, -0.2) is 0 Å². The molecule has 0 atom stereocenters. The van der Waals surface area contributed by atoms with E-state index in [0.717, 1.165) is 41.6 Å². The third-order valence-electron chi connectivity index (χ3n) is 5.71. The number of benzene rings is 2. The molecule has 1 amide bonds. The highest BCUT2D eigenvalue weighted by Crippen LogP contribution is 2.38. The molecule has 0 radical (unpaired) electrons. The molecule has 0 saturated carbocycles. The van der Waals surface area contributed by atoms with E-state index in [-0.39, 0.29) is 11.7 Å². The number of thioether (sulfide) groups is 1. The number of fused-ring (bicyclic) bond motifs is 1. The Bertz CT molecular complexity index is 1420. The van der Waals surface area contributed by atoms with Crippen LogP contribution < -0.4 is 5.32 Å². The number of nitriles is 1. The number of carbonyl (C=O) groups is 1. The maximum absolute atomic E-state index is 12.8. The van der Waals surface area contributed by atoms with Gasteiger partial charge in [0.05, 0.1) is 17.0 Å². The van der Waals surface area contributed by atoms with Crippen molar-refractivity contribution in [3.63, 3.8) is 0 Å². The Morgan fingerprint density at radius 3 is 2.76 bits per heavy atom. The van der Waals surface area contributed by atoms with Crippen LogP contribution in [0.15, 0.2) is 53.7 Å². The molecule has 0 aliphatic heterocycles. The van der Waals surface area contributed by atoms with Crippen LogP contribution in [-0.2, 0) is 17.6 Å². The van der Waals surface area contributed by atoms with E-state index in [1.807, 2.05) is 60.0 Å². The standard InChI is InChI=1S/C25H20ClN5OS2/c1-15-5-2-3-7-20(15)31-23(16-9-11-17(26)12-10-16)29-30-25(31)33-14-22(32)28-24-19(13-27)18-6-4-8-21(18)34-24/h2-3,5,7,9-12H,4,6,8,14H2,1H3,(H,28,32). The summed E-state index contributed by atoms with van der Waals surface area (Å²) in [5, 5.41) is 23.3. The number of amides is 1. The molecule has 9 heteroatoms. The lowest BCUT2D eigenvalue weighted by molar-refractivity contribution is -0.113. The predicted molar refractivity (Wildman–Crippen MR) is 137 cm³/mol. The molecule has 0 bridgehead atoms. The maximum Gasteiger partial charge on any atom is 0.235 e. The Morgan fingerprint density at radius 1 is 1.21 bits per heavy atom. The number of carbonyl (C=O) groups excluding carboxylic acids is 1. The number of thiophene rings is 1. The molecule has 2 aromatic carbocycles. The van der Waals surface area contributed by atoms with Crippen molar-refractivity contribution in [1.82, 2.24) is 14.8 Å². The quantitative estimate of drug-likeness (QED) is 0.322. The number of nitrogens with zero attached hydrogens (tertiary/aromatic N) is 4. The summed E-state index contributed by atoms with van der Waals surface area (Å²) in [6, 6.07) is 17.7. The van der Waals surface area contributed by atoms with Gasteiger partial charge in [0.15, 0.2) is 11.0 Å². The topological polar surface area (TPSA) is 83.6 Å². The van der Waals surface area contributed by atoms with Gasteiger partial charge >= 0.3 is 0 Å². The lowest BCUT2D eigenvalue weighted by Gasteiger charge is -2.13. The number of hydrogen-bond acceptors (Lipinski definition) is 6. The zero-order valence-corrected chi connectivity index (χ0v) is 20.7. The lowest BCUT2D eigenvalue weighted by Crippen LogP contribution is -2.14. The molecule has 170 valence electrons. The van der Waals surface area contributed by atoms with Crippen molar-refractivity contribution in [2.45, 2.75) is 31.3 Å². The monoisotopic (exact) mass is 505 g/mol. The summed E-state index contributed by atoms with van der Waals surface area (Å²) >= 11 is 8.91. The van der Waals surface area contributed by atoms with Gasteiger partial charge in [-0.15, -0.1) is 21.5 Å². The van der Waals surface area contributed by atoms with Crippen LogP contribution >= 0.6 is 34.7 Å². The minimum Gasteiger partial charge on any atom is -0.316 e. The predicted octanol–water partition coefficient (Wildman–Crippen LogP) is 6.05. The molecule has 2 aromatic heterocycles. The Labute approximate surface area is 210 Å². The van der Waals surface area contributed by atoms with E-state index in [2.05, 4.69) is 21.6 Å². The number of anilines is 1. The average molecular weight is 506 g/mol. The van der Waals surface area contributed by atoms with E-state index in [1.54, 1.807) is 0 Å². The zero-order valence-electron chi connectivity index (χ0n) is 18.3. The number of aromatic nitrogens is 3. The van der Waals surface area contributed by atoms with Crippen molar-refractivity contribution in [1.29, 1.82) is 5.26 Å². The molecule has 0 spiro atoms. The number of hydrogen-bond donors (Lipinski definition) is 1. The molecule has 2 heterocycles. The van der Waals surface area contributed by atoms with Gasteiger partial charge in [0.1, 0.15) is 11.1 Å². The van der Waals surface area contributed by atoms with E-state index >= 15 is 0 Å². The molecule has 34 heavy (non-hydrogen) atoms. The molecule has 1 aliphatic carbocycles. The van der Waals surface area contributed by atoms with Gasteiger partial charge in [-0.05, 0) is 67.6 Å². The highest BCUT2D eigenvalue weighted by molar-refractivity contribution is 7.99. The highest BCUT2D eigenvalue weighted by atomic mass is 35.5. The largest absolute Gasteiger partial charge is 0.316 e. The molecule has 1 N–H and O–H groups in total. The molecule has 1 aliphatic rings. The second-order valence-electron chi connectivity index (χ2n) is 7.95. The van der Waals surface area contributed by atoms with E-state index in [9.17, 15) is 10.1 Å². The Balaban J connectivity index is 1.41. The molecule has 0 saturated heterocycles. The van der Waals surface area contributed by atoms with Crippen LogP contribution in [0.25, 0.3) is 17.1 Å². The Kier molecular flexibility index (Phi) is 6.42. The van der Waals surface area contributed by atoms with Crippen LogP contribution in [-0.4, -0.2) is 26.4 Å². The van der Waals surface area contributed by atoms with Crippen LogP contribution in [0.3, 0.4) is 0 Å². The second-order valence-corrected chi connectivity index (χ2v) is 10.4. The van der Waals surface area contributed by atoms with E-state index in [0.29, 0.717) is 26.6 Å². The second kappa shape index (κ2) is 9.63. The fraction of sp³-hybridized carbons (Fsp3) is 0.200. The van der Waals surface area contributed by atoms with Crippen molar-refractivity contribution < 1.29 is 4.79 Å². The van der Waals surface area contributed by atoms with Gasteiger partial charge in [-0.3, -0.25) is 9.36 Å². The Morgan fingerprint density at radius 2 is 2.00 bits per heavy atom. The van der Waals surface area contributed by atoms with Gasteiger partial charge in [0.2, 0.25) is 5.91 Å². The summed E-state index contributed by atoms with van der Waals surface area (Å²) in [4.78, 5) is 14.0. The van der Waals surface area contributed by atoms with Crippen LogP contribution in [0.5, 0.6) is 0 Å². The number of aryl methyl sites for hydroxylation is 2. The first kappa shape index (κ1) is 22.7. The SMILES string of the molecule is Cc1ccccc1-n1c(SCC(=O)Nc2sc3c(c2C#N)CCC3)nnc1-c1ccc(Cl)cc1. The molecular weight excluding hydrogens is 486 g/mol. The molecule has 0 fully saturated rings. The third-order valence-corrected chi connectivity index (χ3v) is 8.10. The van der Waals surface area contributed by atoms with Crippen LogP contribution in [0.2, 0.25) is 5.02 Å². The Hall–Kier alpha value is -3.12. The average Bonchev–Trinajstić information content (AvgIpc) is 3.53. The van der Waals surface area contributed by atoms with Gasteiger partial charge < -0.3 is 5.32 Å². The number of nitrogens with one attached hydrogen (secondary N) is 1. The van der Waals surface area contributed by atoms with Crippen LogP contribution in [0.1, 0.15) is 28.0 Å². The molecule has 5 rings (SSSR count). The summed E-state index contributed by atoms with van der Waals surface area (Å²) in [6.45, 7) is 2.03. The van der Waals surface area contributed by atoms with E-state index in [1.165, 1.54) is 28.0 Å². The molecule has 0 unspecified atom stereocenters. The fourth-order valence-electron chi connectivity index (χ4n) is 4.08. The summed E-state index contributed by atoms with van der Waals surface area (Å²) in [7, 11) is 0. The van der Waals surface area contributed by atoms with Crippen LogP contribution in [0, 0.1) is 18.3 Å². The first-order valence-electron chi connectivity index (χ1n) is 10.8. The van der Waals surface area contributed by atoms with Crippen molar-refractivity contribution in [2.75, 3.05) is 11.1 Å². The smallest absolute Gasteiger partial charge is 0.235 e. The normalized spacial score (nSPS) is 12.4. The third kappa shape index (κ3) is 4.34. The van der Waals surface area contributed by atoms with Gasteiger partial charge in [-0.2, -0.15) is 5.26 Å². The summed E-state index contributed by atoms with van der Waals surface area (Å²) in [5.74, 6) is 0.655. The first-order valence-corrected chi connectivity index (χ1v) is 13.0. The van der Waals surface area contributed by atoms with Crippen molar-refractivity contribution >= 4 is 45.6 Å². The number of halogens is 1. The highest BCUT2D eigenvalue weighted by Gasteiger charge is 2.24. The fourth-order valence-corrected chi connectivity index (χ4v) is 6.21. The van der Waals surface area contributed by atoms with Gasteiger partial charge in [0, 0.05) is 15.5 Å². The number of para-hydroxylation sites is 1. The van der Waals surface area contributed by atoms with E-state index in [4.69, 9.17) is 11.6 Å². The van der Waals surface area contributed by atoms with Crippen molar-refractivity contribution in [3.8, 4) is 23.1 Å². The first-order chi connectivity index (χ1) is 16.5. The molecular formula is C25H20ClN5OS2. The molecule has 4 aromatic rings. The van der Waals surface area contributed by atoms with Gasteiger partial charge in [-0.1, -0.05) is 41.6 Å². The van der Waals surface area contributed by atoms with Crippen LogP contribution in [0.4, 0.5) is 5.00 Å². The minimum atomic E-state index is -0.172. The van der Waals surface area contributed by atoms with Crippen molar-refractivity contribution in [3.05, 3.63) is 75.1 Å². The molecule has 6 nitrogen and oxygen atoms in total. The summed E-state index contributed by atoms with van der Waals surface area (Å²) in [5.41, 5.74) is 4.60.